The van der Waals surface area contributed by atoms with E-state index in [1.54, 1.807) is 19.1 Å². The second-order valence-corrected chi connectivity index (χ2v) is 5.67. The van der Waals surface area contributed by atoms with Gasteiger partial charge in [-0.05, 0) is 19.1 Å². The summed E-state index contributed by atoms with van der Waals surface area (Å²) >= 11 is 0. The number of rotatable bonds is 8. The minimum Gasteiger partial charge on any atom is -0.493 e. The molecule has 0 aliphatic rings. The lowest BCUT2D eigenvalue weighted by atomic mass is 9.95. The maximum atomic E-state index is 12.3. The molecule has 1 aromatic carbocycles. The monoisotopic (exact) mass is 392 g/mol. The zero-order valence-corrected chi connectivity index (χ0v) is 16.7. The fourth-order valence-corrected chi connectivity index (χ4v) is 3.01. The number of nitrogens with zero attached hydrogens (tertiary/aromatic N) is 1. The number of hydrogen-bond acceptors (Lipinski definition) is 8. The van der Waals surface area contributed by atoms with Crippen LogP contribution in [0.15, 0.2) is 17.3 Å². The van der Waals surface area contributed by atoms with Gasteiger partial charge >= 0.3 is 5.97 Å². The van der Waals surface area contributed by atoms with Gasteiger partial charge in [0.15, 0.2) is 11.5 Å². The molecule has 1 aromatic heterocycles. The van der Waals surface area contributed by atoms with E-state index in [0.717, 1.165) is 0 Å². The first-order valence-corrected chi connectivity index (χ1v) is 8.33. The van der Waals surface area contributed by atoms with Gasteiger partial charge in [-0.3, -0.25) is 0 Å². The van der Waals surface area contributed by atoms with E-state index in [2.05, 4.69) is 10.1 Å². The third-order valence-electron chi connectivity index (χ3n) is 4.14. The van der Waals surface area contributed by atoms with Crippen LogP contribution in [0.2, 0.25) is 0 Å². The summed E-state index contributed by atoms with van der Waals surface area (Å²) in [7, 11) is 7.14. The second kappa shape index (κ2) is 9.14. The summed E-state index contributed by atoms with van der Waals surface area (Å²) in [6.45, 7) is 1.55. The van der Waals surface area contributed by atoms with E-state index < -0.39 is 12.1 Å². The van der Waals surface area contributed by atoms with Gasteiger partial charge in [0.2, 0.25) is 5.75 Å². The number of hydrogen-bond donors (Lipinski definition) is 2. The predicted octanol–water partition coefficient (Wildman–Crippen LogP) is 2.53. The summed E-state index contributed by atoms with van der Waals surface area (Å²) in [5.74, 6) is 0.576. The Morgan fingerprint density at radius 2 is 1.79 bits per heavy atom. The summed E-state index contributed by atoms with van der Waals surface area (Å²) in [6.07, 6.45) is 0.395. The molecule has 1 heterocycles. The standard InChI is InChI=1S/C19H24N2O7/c1-10(22)14-15(12(9-20-28-6)21-16(14)19(23)27-5)11-7-8-13(24-2)18(26-4)17(11)25-3/h7-10,21-22H,1-6H3. The number of aromatic nitrogens is 1. The molecule has 0 fully saturated rings. The lowest BCUT2D eigenvalue weighted by Gasteiger charge is -2.17. The zero-order chi connectivity index (χ0) is 20.8. The van der Waals surface area contributed by atoms with Crippen molar-refractivity contribution in [3.05, 3.63) is 29.1 Å². The molecule has 0 spiro atoms. The van der Waals surface area contributed by atoms with Crippen LogP contribution in [0.3, 0.4) is 0 Å². The van der Waals surface area contributed by atoms with Gasteiger partial charge in [-0.1, -0.05) is 5.16 Å². The number of ether oxygens (including phenoxy) is 4. The predicted molar refractivity (Wildman–Crippen MR) is 102 cm³/mol. The number of aliphatic hydroxyl groups excluding tert-OH is 1. The number of benzene rings is 1. The molecule has 2 N–H and O–H groups in total. The molecule has 152 valence electrons. The van der Waals surface area contributed by atoms with Gasteiger partial charge < -0.3 is 33.9 Å². The molecule has 0 radical (unpaired) electrons. The first kappa shape index (κ1) is 21.1. The molecule has 1 unspecified atom stereocenters. The van der Waals surface area contributed by atoms with Crippen molar-refractivity contribution in [3.63, 3.8) is 0 Å². The van der Waals surface area contributed by atoms with Gasteiger partial charge in [0.25, 0.3) is 0 Å². The summed E-state index contributed by atoms with van der Waals surface area (Å²) in [5, 5.41) is 14.2. The molecule has 2 aromatic rings. The molecular formula is C19H24N2O7. The Hall–Kier alpha value is -3.20. The molecular weight excluding hydrogens is 368 g/mol. The van der Waals surface area contributed by atoms with Crippen molar-refractivity contribution in [2.45, 2.75) is 13.0 Å². The Labute approximate surface area is 162 Å². The Balaban J connectivity index is 2.92. The van der Waals surface area contributed by atoms with Crippen LogP contribution in [-0.4, -0.2) is 57.8 Å². The molecule has 2 rings (SSSR count). The van der Waals surface area contributed by atoms with Crippen LogP contribution in [-0.2, 0) is 9.57 Å². The minimum absolute atomic E-state index is 0.0990. The van der Waals surface area contributed by atoms with Gasteiger partial charge in [-0.25, -0.2) is 4.79 Å². The van der Waals surface area contributed by atoms with Crippen LogP contribution in [0, 0.1) is 0 Å². The lowest BCUT2D eigenvalue weighted by molar-refractivity contribution is 0.0588. The lowest BCUT2D eigenvalue weighted by Crippen LogP contribution is -2.07. The van der Waals surface area contributed by atoms with E-state index in [4.69, 9.17) is 23.8 Å². The van der Waals surface area contributed by atoms with Gasteiger partial charge in [0, 0.05) is 16.7 Å². The Bertz CT molecular complexity index is 872. The van der Waals surface area contributed by atoms with Crippen molar-refractivity contribution >= 4 is 12.2 Å². The molecule has 0 saturated carbocycles. The Morgan fingerprint density at radius 3 is 2.29 bits per heavy atom. The molecule has 0 saturated heterocycles. The van der Waals surface area contributed by atoms with Crippen LogP contribution in [0.4, 0.5) is 0 Å². The van der Waals surface area contributed by atoms with Gasteiger partial charge in [0.05, 0.1) is 46.5 Å². The molecule has 28 heavy (non-hydrogen) atoms. The van der Waals surface area contributed by atoms with E-state index in [1.807, 2.05) is 0 Å². The number of nitrogens with one attached hydrogen (secondary N) is 1. The van der Waals surface area contributed by atoms with Crippen LogP contribution in [0.5, 0.6) is 17.2 Å². The maximum absolute atomic E-state index is 12.3. The average Bonchev–Trinajstić information content (AvgIpc) is 3.09. The Morgan fingerprint density at radius 1 is 1.11 bits per heavy atom. The highest BCUT2D eigenvalue weighted by Gasteiger charge is 2.29. The number of methoxy groups -OCH3 is 4. The molecule has 9 nitrogen and oxygen atoms in total. The van der Waals surface area contributed by atoms with Gasteiger partial charge in [-0.15, -0.1) is 0 Å². The number of carbonyl (C=O) groups excluding carboxylic acids is 1. The van der Waals surface area contributed by atoms with E-state index in [0.29, 0.717) is 39.6 Å². The quantitative estimate of drug-likeness (QED) is 0.403. The topological polar surface area (TPSA) is 112 Å². The van der Waals surface area contributed by atoms with E-state index >= 15 is 0 Å². The van der Waals surface area contributed by atoms with Crippen molar-refractivity contribution in [1.82, 2.24) is 4.98 Å². The van der Waals surface area contributed by atoms with Crippen molar-refractivity contribution < 1.29 is 33.7 Å². The highest BCUT2D eigenvalue weighted by atomic mass is 16.6. The van der Waals surface area contributed by atoms with E-state index in [1.165, 1.54) is 41.8 Å². The normalized spacial score (nSPS) is 12.0. The van der Waals surface area contributed by atoms with Crippen LogP contribution in [0.1, 0.15) is 34.8 Å². The van der Waals surface area contributed by atoms with Crippen LogP contribution >= 0.6 is 0 Å². The van der Waals surface area contributed by atoms with Crippen molar-refractivity contribution in [3.8, 4) is 28.4 Å². The van der Waals surface area contributed by atoms with Crippen molar-refractivity contribution in [1.29, 1.82) is 0 Å². The average molecular weight is 392 g/mol. The summed E-state index contributed by atoms with van der Waals surface area (Å²) in [4.78, 5) is 20.0. The van der Waals surface area contributed by atoms with E-state index in [9.17, 15) is 9.90 Å². The van der Waals surface area contributed by atoms with E-state index in [-0.39, 0.29) is 5.69 Å². The molecule has 0 aliphatic heterocycles. The fraction of sp³-hybridized carbons (Fsp3) is 0.368. The minimum atomic E-state index is -0.997. The fourth-order valence-electron chi connectivity index (χ4n) is 3.01. The van der Waals surface area contributed by atoms with Crippen LogP contribution in [0.25, 0.3) is 11.1 Å². The Kier molecular flexibility index (Phi) is 6.89. The molecule has 0 bridgehead atoms. The largest absolute Gasteiger partial charge is 0.493 e. The summed E-state index contributed by atoms with van der Waals surface area (Å²) in [6, 6.07) is 3.44. The zero-order valence-electron chi connectivity index (χ0n) is 16.7. The summed E-state index contributed by atoms with van der Waals surface area (Å²) < 4.78 is 21.2. The smallest absolute Gasteiger partial charge is 0.354 e. The molecule has 0 aliphatic carbocycles. The van der Waals surface area contributed by atoms with Crippen molar-refractivity contribution in [2.75, 3.05) is 35.5 Å². The molecule has 9 heteroatoms. The first-order valence-electron chi connectivity index (χ1n) is 8.33. The number of oxime groups is 1. The third-order valence-corrected chi connectivity index (χ3v) is 4.14. The highest BCUT2D eigenvalue weighted by Crippen LogP contribution is 2.47. The number of aliphatic hydroxyl groups is 1. The second-order valence-electron chi connectivity index (χ2n) is 5.67. The number of aromatic amines is 1. The molecule has 1 atom stereocenters. The van der Waals surface area contributed by atoms with Gasteiger partial charge in [-0.2, -0.15) is 0 Å². The van der Waals surface area contributed by atoms with Gasteiger partial charge in [0.1, 0.15) is 12.8 Å². The number of esters is 1. The first-order chi connectivity index (χ1) is 13.4. The SMILES string of the molecule is CON=Cc1[nH]c(C(=O)OC)c(C(C)O)c1-c1ccc(OC)c(OC)c1OC. The number of carbonyl (C=O) groups is 1. The number of H-pyrrole nitrogens is 1. The molecule has 0 amide bonds. The van der Waals surface area contributed by atoms with Crippen molar-refractivity contribution in [2.24, 2.45) is 5.16 Å². The highest BCUT2D eigenvalue weighted by molar-refractivity contribution is 6.00. The third kappa shape index (κ3) is 3.74. The van der Waals surface area contributed by atoms with Crippen LogP contribution < -0.4 is 14.2 Å². The maximum Gasteiger partial charge on any atom is 0.354 e. The summed E-state index contributed by atoms with van der Waals surface area (Å²) in [5.41, 5.74) is 1.90.